The van der Waals surface area contributed by atoms with E-state index in [1.807, 2.05) is 0 Å². The van der Waals surface area contributed by atoms with Crippen LogP contribution in [-0.4, -0.2) is 25.8 Å². The number of hydrogen-bond acceptors (Lipinski definition) is 3. The van der Waals surface area contributed by atoms with Gasteiger partial charge in [0.05, 0.1) is 19.3 Å². The summed E-state index contributed by atoms with van der Waals surface area (Å²) in [6.45, 7) is 3.99. The van der Waals surface area contributed by atoms with Crippen LogP contribution in [0.2, 0.25) is 0 Å². The highest BCUT2D eigenvalue weighted by Crippen LogP contribution is 2.25. The van der Waals surface area contributed by atoms with Gasteiger partial charge in [0.25, 0.3) is 0 Å². The Labute approximate surface area is 104 Å². The van der Waals surface area contributed by atoms with Gasteiger partial charge in [-0.3, -0.25) is 0 Å². The van der Waals surface area contributed by atoms with Crippen LogP contribution >= 0.6 is 15.9 Å². The zero-order valence-electron chi connectivity index (χ0n) is 9.11. The molecule has 0 radical (unpaired) electrons. The smallest absolute Gasteiger partial charge is 0.140 e. The summed E-state index contributed by atoms with van der Waals surface area (Å²) >= 11 is 3.51. The van der Waals surface area contributed by atoms with Gasteiger partial charge < -0.3 is 9.64 Å². The van der Waals surface area contributed by atoms with E-state index in [4.69, 9.17) is 10.00 Å². The highest BCUT2D eigenvalue weighted by atomic mass is 79.9. The van der Waals surface area contributed by atoms with E-state index >= 15 is 0 Å². The number of anilines is 1. The number of benzene rings is 1. The minimum atomic E-state index is -0.177. The van der Waals surface area contributed by atoms with Crippen molar-refractivity contribution < 1.29 is 4.74 Å². The lowest BCUT2D eigenvalue weighted by Crippen LogP contribution is -2.44. The first-order valence-electron chi connectivity index (χ1n) is 5.22. The summed E-state index contributed by atoms with van der Waals surface area (Å²) in [5, 5.41) is 9.06. The molecule has 1 aromatic carbocycles. The number of nitrogens with zero attached hydrogens (tertiary/aromatic N) is 2. The summed E-state index contributed by atoms with van der Waals surface area (Å²) in [4.78, 5) is 2.09. The molecule has 1 saturated heterocycles. The molecule has 3 nitrogen and oxygen atoms in total. The van der Waals surface area contributed by atoms with Gasteiger partial charge in [-0.2, -0.15) is 5.26 Å². The number of halogens is 1. The van der Waals surface area contributed by atoms with Crippen molar-refractivity contribution in [1.82, 2.24) is 0 Å². The highest BCUT2D eigenvalue weighted by Gasteiger charge is 2.22. The maximum absolute atomic E-state index is 9.06. The molecule has 1 aliphatic rings. The molecule has 4 heteroatoms. The van der Waals surface area contributed by atoms with Crippen LogP contribution in [0.15, 0.2) is 22.7 Å². The molecule has 0 aromatic heterocycles. The Morgan fingerprint density at radius 3 is 3.06 bits per heavy atom. The molecule has 1 unspecified atom stereocenters. The van der Waals surface area contributed by atoms with Crippen LogP contribution in [0, 0.1) is 18.3 Å². The lowest BCUT2D eigenvalue weighted by molar-refractivity contribution is 0.107. The second-order valence-electron chi connectivity index (χ2n) is 3.85. The van der Waals surface area contributed by atoms with Gasteiger partial charge in [-0.25, -0.2) is 0 Å². The molecule has 0 N–H and O–H groups in total. The highest BCUT2D eigenvalue weighted by molar-refractivity contribution is 9.10. The average Bonchev–Trinajstić information content (AvgIpc) is 2.32. The lowest BCUT2D eigenvalue weighted by atomic mass is 10.1. The van der Waals surface area contributed by atoms with Gasteiger partial charge in [-0.1, -0.05) is 22.0 Å². The molecule has 0 amide bonds. The molecular weight excluding hydrogens is 268 g/mol. The Bertz CT molecular complexity index is 428. The summed E-state index contributed by atoms with van der Waals surface area (Å²) < 4.78 is 6.38. The first-order valence-corrected chi connectivity index (χ1v) is 6.02. The van der Waals surface area contributed by atoms with Crippen LogP contribution in [0.4, 0.5) is 5.69 Å². The summed E-state index contributed by atoms with van der Waals surface area (Å²) in [6.07, 6.45) is 0. The van der Waals surface area contributed by atoms with Gasteiger partial charge >= 0.3 is 0 Å². The standard InChI is InChI=1S/C12H13BrN2O/c1-9-2-3-10(6-12(9)13)15-4-5-16-8-11(15)7-14/h2-3,6,11H,4-5,8H2,1H3. The fourth-order valence-electron chi connectivity index (χ4n) is 1.78. The van der Waals surface area contributed by atoms with E-state index in [1.165, 1.54) is 5.56 Å². The molecule has 1 fully saturated rings. The van der Waals surface area contributed by atoms with E-state index in [2.05, 4.69) is 52.0 Å². The van der Waals surface area contributed by atoms with Crippen LogP contribution in [0.1, 0.15) is 5.56 Å². The lowest BCUT2D eigenvalue weighted by Gasteiger charge is -2.33. The predicted octanol–water partition coefficient (Wildman–Crippen LogP) is 2.49. The summed E-state index contributed by atoms with van der Waals surface area (Å²) in [5.74, 6) is 0. The Morgan fingerprint density at radius 2 is 2.38 bits per heavy atom. The molecule has 0 bridgehead atoms. The van der Waals surface area contributed by atoms with E-state index in [9.17, 15) is 0 Å². The van der Waals surface area contributed by atoms with Crippen molar-refractivity contribution in [3.8, 4) is 6.07 Å². The number of nitriles is 1. The van der Waals surface area contributed by atoms with Gasteiger partial charge in [0.2, 0.25) is 0 Å². The van der Waals surface area contributed by atoms with Crippen molar-refractivity contribution in [2.24, 2.45) is 0 Å². The Morgan fingerprint density at radius 1 is 1.56 bits per heavy atom. The van der Waals surface area contributed by atoms with Gasteiger partial charge in [0, 0.05) is 16.7 Å². The van der Waals surface area contributed by atoms with E-state index in [0.717, 1.165) is 16.7 Å². The molecule has 0 aliphatic carbocycles. The van der Waals surface area contributed by atoms with Crippen LogP contribution in [0.25, 0.3) is 0 Å². The molecule has 1 atom stereocenters. The average molecular weight is 281 g/mol. The predicted molar refractivity (Wildman–Crippen MR) is 66.4 cm³/mol. The van der Waals surface area contributed by atoms with Crippen molar-refractivity contribution in [3.63, 3.8) is 0 Å². The number of ether oxygens (including phenoxy) is 1. The zero-order chi connectivity index (χ0) is 11.5. The van der Waals surface area contributed by atoms with Crippen molar-refractivity contribution >= 4 is 21.6 Å². The quantitative estimate of drug-likeness (QED) is 0.793. The van der Waals surface area contributed by atoms with Crippen molar-refractivity contribution in [3.05, 3.63) is 28.2 Å². The molecule has 0 saturated carbocycles. The number of rotatable bonds is 1. The number of aryl methyl sites for hydroxylation is 1. The van der Waals surface area contributed by atoms with Crippen molar-refractivity contribution in [2.45, 2.75) is 13.0 Å². The molecule has 0 spiro atoms. The van der Waals surface area contributed by atoms with E-state index in [1.54, 1.807) is 0 Å². The molecule has 2 rings (SSSR count). The first-order chi connectivity index (χ1) is 7.72. The Hall–Kier alpha value is -1.05. The SMILES string of the molecule is Cc1ccc(N2CCOCC2C#N)cc1Br. The van der Waals surface area contributed by atoms with Crippen molar-refractivity contribution in [2.75, 3.05) is 24.7 Å². The minimum Gasteiger partial charge on any atom is -0.376 e. The second kappa shape index (κ2) is 4.86. The monoisotopic (exact) mass is 280 g/mol. The molecule has 16 heavy (non-hydrogen) atoms. The van der Waals surface area contributed by atoms with E-state index in [0.29, 0.717) is 13.2 Å². The summed E-state index contributed by atoms with van der Waals surface area (Å²) in [6, 6.07) is 8.27. The Balaban J connectivity index is 2.28. The van der Waals surface area contributed by atoms with Crippen LogP contribution in [0.3, 0.4) is 0 Å². The number of morpholine rings is 1. The molecule has 1 aliphatic heterocycles. The van der Waals surface area contributed by atoms with Gasteiger partial charge in [-0.05, 0) is 24.6 Å². The van der Waals surface area contributed by atoms with E-state index < -0.39 is 0 Å². The largest absolute Gasteiger partial charge is 0.376 e. The summed E-state index contributed by atoms with van der Waals surface area (Å²) in [7, 11) is 0. The fraction of sp³-hybridized carbons (Fsp3) is 0.417. The molecule has 1 aromatic rings. The topological polar surface area (TPSA) is 36.3 Å². The van der Waals surface area contributed by atoms with Crippen LogP contribution in [-0.2, 0) is 4.74 Å². The third kappa shape index (κ3) is 2.21. The maximum atomic E-state index is 9.06. The first kappa shape index (κ1) is 11.4. The third-order valence-electron chi connectivity index (χ3n) is 2.76. The molecule has 84 valence electrons. The van der Waals surface area contributed by atoms with Crippen molar-refractivity contribution in [1.29, 1.82) is 5.26 Å². The maximum Gasteiger partial charge on any atom is 0.140 e. The van der Waals surface area contributed by atoms with E-state index in [-0.39, 0.29) is 6.04 Å². The number of hydrogen-bond donors (Lipinski definition) is 0. The normalized spacial score (nSPS) is 20.6. The van der Waals surface area contributed by atoms with Gasteiger partial charge in [0.1, 0.15) is 6.04 Å². The fourth-order valence-corrected chi connectivity index (χ4v) is 2.15. The second-order valence-corrected chi connectivity index (χ2v) is 4.70. The van der Waals surface area contributed by atoms with Crippen LogP contribution < -0.4 is 4.90 Å². The zero-order valence-corrected chi connectivity index (χ0v) is 10.7. The third-order valence-corrected chi connectivity index (χ3v) is 3.62. The summed E-state index contributed by atoms with van der Waals surface area (Å²) in [5.41, 5.74) is 2.28. The molecular formula is C12H13BrN2O. The van der Waals surface area contributed by atoms with Gasteiger partial charge in [0.15, 0.2) is 0 Å². The Kier molecular flexibility index (Phi) is 3.47. The van der Waals surface area contributed by atoms with Gasteiger partial charge in [-0.15, -0.1) is 0 Å². The molecule has 1 heterocycles. The minimum absolute atomic E-state index is 0.177. The van der Waals surface area contributed by atoms with Crippen LogP contribution in [0.5, 0.6) is 0 Å².